The van der Waals surface area contributed by atoms with Gasteiger partial charge in [-0.2, -0.15) is 0 Å². The lowest BCUT2D eigenvalue weighted by molar-refractivity contribution is 0.00665. The lowest BCUT2D eigenvalue weighted by atomic mass is 10.1. The van der Waals surface area contributed by atoms with Crippen molar-refractivity contribution in [1.29, 1.82) is 0 Å². The van der Waals surface area contributed by atoms with Gasteiger partial charge in [0.05, 0.1) is 12.8 Å². The number of hydrogen-bond acceptors (Lipinski definition) is 4. The maximum Gasteiger partial charge on any atom is 0.344 e. The molecule has 0 aliphatic carbocycles. The highest BCUT2D eigenvalue weighted by Crippen LogP contribution is 2.35. The Morgan fingerprint density at radius 2 is 1.77 bits per heavy atom. The van der Waals surface area contributed by atoms with Crippen LogP contribution in [0.15, 0.2) is 24.3 Å². The van der Waals surface area contributed by atoms with Crippen LogP contribution in [-0.4, -0.2) is 28.8 Å². The second-order valence-corrected chi connectivity index (χ2v) is 6.08. The topological polar surface area (TPSA) is 71.6 Å². The number of benzene rings is 1. The van der Waals surface area contributed by atoms with Crippen molar-refractivity contribution in [2.45, 2.75) is 33.3 Å². The van der Waals surface area contributed by atoms with Crippen LogP contribution in [0.2, 0.25) is 0 Å². The smallest absolute Gasteiger partial charge is 0.344 e. The van der Waals surface area contributed by atoms with Gasteiger partial charge in [-0.25, -0.2) is 4.79 Å². The molecular formula is C17H21NO4. The number of esters is 1. The molecule has 2 aromatic rings. The fraction of sp³-hybridized carbons (Fsp3) is 0.353. The van der Waals surface area contributed by atoms with Crippen molar-refractivity contribution in [2.75, 3.05) is 7.11 Å². The van der Waals surface area contributed by atoms with Crippen molar-refractivity contribution in [3.8, 4) is 22.8 Å². The molecule has 0 bridgehead atoms. The number of carbonyl (C=O) groups is 1. The zero-order valence-corrected chi connectivity index (χ0v) is 13.5. The molecule has 0 amide bonds. The highest BCUT2D eigenvalue weighted by molar-refractivity contribution is 5.97. The lowest BCUT2D eigenvalue weighted by Gasteiger charge is -2.19. The van der Waals surface area contributed by atoms with Crippen LogP contribution in [0.25, 0.3) is 11.3 Å². The summed E-state index contributed by atoms with van der Waals surface area (Å²) in [4.78, 5) is 15.3. The number of methoxy groups -OCH3 is 1. The fourth-order valence-electron chi connectivity index (χ4n) is 2.16. The van der Waals surface area contributed by atoms with E-state index in [9.17, 15) is 9.90 Å². The molecule has 22 heavy (non-hydrogen) atoms. The number of ether oxygens (including phenoxy) is 2. The molecule has 0 fully saturated rings. The molecule has 5 nitrogen and oxygen atoms in total. The molecule has 0 saturated carbocycles. The third-order valence-electron chi connectivity index (χ3n) is 3.14. The summed E-state index contributed by atoms with van der Waals surface area (Å²) in [5.41, 5.74) is 1.36. The molecule has 0 atom stereocenters. The van der Waals surface area contributed by atoms with E-state index in [4.69, 9.17) is 9.47 Å². The number of nitrogens with one attached hydrogen (secondary N) is 1. The normalized spacial score (nSPS) is 11.3. The Balaban J connectivity index is 2.39. The van der Waals surface area contributed by atoms with Gasteiger partial charge in [0.25, 0.3) is 0 Å². The molecule has 0 radical (unpaired) electrons. The van der Waals surface area contributed by atoms with E-state index in [0.29, 0.717) is 11.4 Å². The summed E-state index contributed by atoms with van der Waals surface area (Å²) in [5, 5.41) is 10.4. The van der Waals surface area contributed by atoms with Gasteiger partial charge in [-0.1, -0.05) is 0 Å². The molecule has 1 aromatic heterocycles. The first kappa shape index (κ1) is 15.9. The van der Waals surface area contributed by atoms with E-state index < -0.39 is 11.6 Å². The van der Waals surface area contributed by atoms with Crippen LogP contribution < -0.4 is 4.74 Å². The molecule has 118 valence electrons. The van der Waals surface area contributed by atoms with Gasteiger partial charge in [0.15, 0.2) is 5.75 Å². The molecule has 5 heteroatoms. The molecule has 0 spiro atoms. The van der Waals surface area contributed by atoms with Gasteiger partial charge >= 0.3 is 5.97 Å². The summed E-state index contributed by atoms with van der Waals surface area (Å²) in [7, 11) is 1.59. The number of aromatic hydroxyl groups is 1. The molecule has 2 N–H and O–H groups in total. The van der Waals surface area contributed by atoms with Gasteiger partial charge in [0, 0.05) is 11.3 Å². The second-order valence-electron chi connectivity index (χ2n) is 6.08. The number of carbonyl (C=O) groups excluding carboxylic acids is 1. The molecule has 1 heterocycles. The first-order valence-corrected chi connectivity index (χ1v) is 7.02. The Hall–Kier alpha value is -2.43. The van der Waals surface area contributed by atoms with E-state index in [1.807, 2.05) is 12.1 Å². The van der Waals surface area contributed by atoms with E-state index in [2.05, 4.69) is 4.98 Å². The minimum Gasteiger partial charge on any atom is -0.505 e. The van der Waals surface area contributed by atoms with Gasteiger partial charge in [0.1, 0.15) is 16.9 Å². The fourth-order valence-corrected chi connectivity index (χ4v) is 2.16. The van der Waals surface area contributed by atoms with Crippen LogP contribution >= 0.6 is 0 Å². The standard InChI is InChI=1S/C17H21NO4/c1-10-13(16(20)22-17(2,3)4)15(19)14(18-10)11-6-8-12(21-5)9-7-11/h6-9,18-19H,1-5H3. The summed E-state index contributed by atoms with van der Waals surface area (Å²) in [6.07, 6.45) is 0. The molecule has 0 aliphatic heterocycles. The Morgan fingerprint density at radius 3 is 2.27 bits per heavy atom. The molecular weight excluding hydrogens is 282 g/mol. The number of aryl methyl sites for hydroxylation is 1. The van der Waals surface area contributed by atoms with Crippen LogP contribution in [0.4, 0.5) is 0 Å². The largest absolute Gasteiger partial charge is 0.505 e. The number of aromatic amines is 1. The van der Waals surface area contributed by atoms with E-state index in [-0.39, 0.29) is 11.3 Å². The molecule has 0 unspecified atom stereocenters. The highest BCUT2D eigenvalue weighted by Gasteiger charge is 2.26. The van der Waals surface area contributed by atoms with Crippen molar-refractivity contribution in [3.63, 3.8) is 0 Å². The first-order valence-electron chi connectivity index (χ1n) is 7.02. The van der Waals surface area contributed by atoms with E-state index in [1.165, 1.54) is 0 Å². The van der Waals surface area contributed by atoms with Crippen LogP contribution in [0.3, 0.4) is 0 Å². The first-order chi connectivity index (χ1) is 10.2. The van der Waals surface area contributed by atoms with Crippen molar-refractivity contribution in [3.05, 3.63) is 35.5 Å². The third kappa shape index (κ3) is 3.24. The van der Waals surface area contributed by atoms with Crippen molar-refractivity contribution in [2.24, 2.45) is 0 Å². The van der Waals surface area contributed by atoms with Crippen LogP contribution in [0, 0.1) is 6.92 Å². The number of rotatable bonds is 3. The quantitative estimate of drug-likeness (QED) is 0.849. The van der Waals surface area contributed by atoms with Crippen molar-refractivity contribution >= 4 is 5.97 Å². The van der Waals surface area contributed by atoms with Gasteiger partial charge < -0.3 is 19.6 Å². The predicted octanol–water partition coefficient (Wildman–Crippen LogP) is 3.66. The van der Waals surface area contributed by atoms with Crippen LogP contribution in [0.5, 0.6) is 11.5 Å². The summed E-state index contributed by atoms with van der Waals surface area (Å²) >= 11 is 0. The van der Waals surface area contributed by atoms with Gasteiger partial charge in [-0.05, 0) is 52.0 Å². The number of H-pyrrole nitrogens is 1. The Labute approximate surface area is 129 Å². The zero-order valence-electron chi connectivity index (χ0n) is 13.5. The van der Waals surface area contributed by atoms with Crippen molar-refractivity contribution < 1.29 is 19.4 Å². The third-order valence-corrected chi connectivity index (χ3v) is 3.14. The van der Waals surface area contributed by atoms with Crippen LogP contribution in [0.1, 0.15) is 36.8 Å². The Bertz CT molecular complexity index is 678. The van der Waals surface area contributed by atoms with Gasteiger partial charge in [-0.3, -0.25) is 0 Å². The van der Waals surface area contributed by atoms with E-state index >= 15 is 0 Å². The summed E-state index contributed by atoms with van der Waals surface area (Å²) < 4.78 is 10.4. The minimum absolute atomic E-state index is 0.100. The average molecular weight is 303 g/mol. The van der Waals surface area contributed by atoms with Crippen molar-refractivity contribution in [1.82, 2.24) is 4.98 Å². The average Bonchev–Trinajstić information content (AvgIpc) is 2.72. The predicted molar refractivity (Wildman–Crippen MR) is 84.4 cm³/mol. The summed E-state index contributed by atoms with van der Waals surface area (Å²) in [6.45, 7) is 7.09. The van der Waals surface area contributed by atoms with E-state index in [1.54, 1.807) is 46.9 Å². The SMILES string of the molecule is COc1ccc(-c2[nH]c(C)c(C(=O)OC(C)(C)C)c2O)cc1. The zero-order chi connectivity index (χ0) is 16.5. The minimum atomic E-state index is -0.618. The van der Waals surface area contributed by atoms with Gasteiger partial charge in [0.2, 0.25) is 0 Å². The Kier molecular flexibility index (Phi) is 4.17. The molecule has 2 rings (SSSR count). The molecule has 0 aliphatic rings. The van der Waals surface area contributed by atoms with E-state index in [0.717, 1.165) is 11.3 Å². The van der Waals surface area contributed by atoms with Crippen LogP contribution in [-0.2, 0) is 4.74 Å². The maximum atomic E-state index is 12.2. The monoisotopic (exact) mass is 303 g/mol. The second kappa shape index (κ2) is 5.75. The Morgan fingerprint density at radius 1 is 1.18 bits per heavy atom. The maximum absolute atomic E-state index is 12.2. The summed E-state index contributed by atoms with van der Waals surface area (Å²) in [6, 6.07) is 7.20. The number of aromatic nitrogens is 1. The summed E-state index contributed by atoms with van der Waals surface area (Å²) in [5.74, 6) is 0.0781. The molecule has 0 saturated heterocycles. The highest BCUT2D eigenvalue weighted by atomic mass is 16.6. The van der Waals surface area contributed by atoms with Gasteiger partial charge in [-0.15, -0.1) is 0 Å². The molecule has 1 aromatic carbocycles. The number of hydrogen-bond donors (Lipinski definition) is 2. The lowest BCUT2D eigenvalue weighted by Crippen LogP contribution is -2.24.